The maximum atomic E-state index is 3.72. The third kappa shape index (κ3) is 2.78. The second-order valence-corrected chi connectivity index (χ2v) is 6.02. The molecule has 1 saturated heterocycles. The molecule has 94 valence electrons. The van der Waals surface area contributed by atoms with Gasteiger partial charge >= 0.3 is 0 Å². The Morgan fingerprint density at radius 3 is 2.69 bits per heavy atom. The van der Waals surface area contributed by atoms with Crippen molar-refractivity contribution in [3.05, 3.63) is 0 Å². The van der Waals surface area contributed by atoms with Crippen LogP contribution < -0.4 is 10.6 Å². The first kappa shape index (κ1) is 12.4. The van der Waals surface area contributed by atoms with Crippen LogP contribution in [0.2, 0.25) is 0 Å². The van der Waals surface area contributed by atoms with E-state index in [0.717, 1.165) is 5.92 Å². The summed E-state index contributed by atoms with van der Waals surface area (Å²) in [7, 11) is 0. The van der Waals surface area contributed by atoms with Crippen molar-refractivity contribution in [2.24, 2.45) is 11.3 Å². The maximum Gasteiger partial charge on any atom is 0.0218 e. The summed E-state index contributed by atoms with van der Waals surface area (Å²) in [5, 5.41) is 7.36. The van der Waals surface area contributed by atoms with Crippen molar-refractivity contribution in [3.8, 4) is 0 Å². The lowest BCUT2D eigenvalue weighted by Crippen LogP contribution is -2.49. The van der Waals surface area contributed by atoms with E-state index in [2.05, 4.69) is 24.5 Å². The van der Waals surface area contributed by atoms with Gasteiger partial charge in [-0.3, -0.25) is 0 Å². The van der Waals surface area contributed by atoms with E-state index in [-0.39, 0.29) is 0 Å². The average Bonchev–Trinajstić information content (AvgIpc) is 2.25. The fraction of sp³-hybridized carbons (Fsp3) is 1.00. The SMILES string of the molecule is CCC1(CNCC2NCCCC2C)CCC1. The first-order valence-corrected chi connectivity index (χ1v) is 7.20. The predicted octanol–water partition coefficient (Wildman–Crippen LogP) is 2.54. The molecular weight excluding hydrogens is 196 g/mol. The van der Waals surface area contributed by atoms with Crippen molar-refractivity contribution in [2.45, 2.75) is 58.4 Å². The molecule has 2 aliphatic rings. The zero-order valence-corrected chi connectivity index (χ0v) is 11.0. The fourth-order valence-corrected chi connectivity index (χ4v) is 3.21. The molecule has 0 bridgehead atoms. The Hall–Kier alpha value is -0.0800. The number of hydrogen-bond donors (Lipinski definition) is 2. The molecule has 0 aromatic heterocycles. The summed E-state index contributed by atoms with van der Waals surface area (Å²) in [6.45, 7) is 8.37. The smallest absolute Gasteiger partial charge is 0.0218 e. The van der Waals surface area contributed by atoms with Crippen LogP contribution in [0.15, 0.2) is 0 Å². The molecule has 1 heterocycles. The minimum Gasteiger partial charge on any atom is -0.315 e. The van der Waals surface area contributed by atoms with Gasteiger partial charge in [0.15, 0.2) is 0 Å². The largest absolute Gasteiger partial charge is 0.315 e. The molecule has 0 spiro atoms. The Morgan fingerprint density at radius 2 is 2.12 bits per heavy atom. The normalized spacial score (nSPS) is 33.4. The van der Waals surface area contributed by atoms with E-state index in [0.29, 0.717) is 11.5 Å². The molecule has 0 radical (unpaired) electrons. The van der Waals surface area contributed by atoms with Gasteiger partial charge in [0, 0.05) is 19.1 Å². The van der Waals surface area contributed by atoms with Gasteiger partial charge in [-0.05, 0) is 50.0 Å². The Morgan fingerprint density at radius 1 is 1.31 bits per heavy atom. The highest BCUT2D eigenvalue weighted by molar-refractivity contribution is 4.89. The lowest BCUT2D eigenvalue weighted by Gasteiger charge is -2.42. The summed E-state index contributed by atoms with van der Waals surface area (Å²) in [5.41, 5.74) is 0.665. The van der Waals surface area contributed by atoms with E-state index in [9.17, 15) is 0 Å². The number of nitrogens with one attached hydrogen (secondary N) is 2. The van der Waals surface area contributed by atoms with Crippen LogP contribution in [-0.2, 0) is 0 Å². The van der Waals surface area contributed by atoms with Crippen LogP contribution >= 0.6 is 0 Å². The summed E-state index contributed by atoms with van der Waals surface area (Å²) in [6, 6.07) is 0.711. The first-order valence-electron chi connectivity index (χ1n) is 7.20. The Kier molecular flexibility index (Phi) is 4.26. The predicted molar refractivity (Wildman–Crippen MR) is 69.6 cm³/mol. The van der Waals surface area contributed by atoms with Crippen LogP contribution in [0.5, 0.6) is 0 Å². The summed E-state index contributed by atoms with van der Waals surface area (Å²) >= 11 is 0. The van der Waals surface area contributed by atoms with Crippen LogP contribution in [0, 0.1) is 11.3 Å². The molecule has 0 aromatic rings. The molecule has 2 unspecified atom stereocenters. The van der Waals surface area contributed by atoms with Crippen molar-refractivity contribution in [1.29, 1.82) is 0 Å². The molecular formula is C14H28N2. The third-order valence-corrected chi connectivity index (χ3v) is 4.96. The average molecular weight is 224 g/mol. The van der Waals surface area contributed by atoms with Crippen molar-refractivity contribution in [2.75, 3.05) is 19.6 Å². The highest BCUT2D eigenvalue weighted by atomic mass is 15.0. The molecule has 1 saturated carbocycles. The van der Waals surface area contributed by atoms with Crippen LogP contribution in [0.4, 0.5) is 0 Å². The maximum absolute atomic E-state index is 3.72. The molecule has 16 heavy (non-hydrogen) atoms. The lowest BCUT2D eigenvalue weighted by atomic mass is 9.67. The van der Waals surface area contributed by atoms with E-state index in [1.807, 2.05) is 0 Å². The quantitative estimate of drug-likeness (QED) is 0.750. The minimum absolute atomic E-state index is 0.665. The van der Waals surface area contributed by atoms with Gasteiger partial charge in [-0.2, -0.15) is 0 Å². The molecule has 1 aliphatic heterocycles. The highest BCUT2D eigenvalue weighted by Gasteiger charge is 2.34. The van der Waals surface area contributed by atoms with Gasteiger partial charge in [-0.1, -0.05) is 20.3 Å². The van der Waals surface area contributed by atoms with E-state index < -0.39 is 0 Å². The molecule has 2 heteroatoms. The van der Waals surface area contributed by atoms with Crippen LogP contribution in [0.1, 0.15) is 52.4 Å². The van der Waals surface area contributed by atoms with Crippen molar-refractivity contribution < 1.29 is 0 Å². The van der Waals surface area contributed by atoms with Gasteiger partial charge < -0.3 is 10.6 Å². The molecule has 2 fully saturated rings. The second kappa shape index (κ2) is 5.50. The van der Waals surface area contributed by atoms with E-state index in [4.69, 9.17) is 0 Å². The molecule has 0 amide bonds. The topological polar surface area (TPSA) is 24.1 Å². The zero-order valence-electron chi connectivity index (χ0n) is 11.0. The molecule has 2 atom stereocenters. The van der Waals surface area contributed by atoms with Gasteiger partial charge in [0.25, 0.3) is 0 Å². The molecule has 2 N–H and O–H groups in total. The van der Waals surface area contributed by atoms with Crippen molar-refractivity contribution >= 4 is 0 Å². The third-order valence-electron chi connectivity index (χ3n) is 4.96. The Bertz CT molecular complexity index is 205. The Labute approximate surface area is 101 Å². The van der Waals surface area contributed by atoms with Gasteiger partial charge in [-0.15, -0.1) is 0 Å². The lowest BCUT2D eigenvalue weighted by molar-refractivity contribution is 0.121. The standard InChI is InChI=1S/C14H28N2/c1-3-14(7-5-8-14)11-15-10-13-12(2)6-4-9-16-13/h12-13,15-16H,3-11H2,1-2H3. The molecule has 0 aromatic carbocycles. The van der Waals surface area contributed by atoms with Crippen molar-refractivity contribution in [1.82, 2.24) is 10.6 Å². The number of piperidine rings is 1. The minimum atomic E-state index is 0.665. The molecule has 1 aliphatic carbocycles. The summed E-state index contributed by atoms with van der Waals surface area (Å²) < 4.78 is 0. The number of rotatable bonds is 5. The Balaban J connectivity index is 1.66. The monoisotopic (exact) mass is 224 g/mol. The van der Waals surface area contributed by atoms with Crippen LogP contribution in [0.25, 0.3) is 0 Å². The first-order chi connectivity index (χ1) is 7.76. The summed E-state index contributed by atoms with van der Waals surface area (Å²) in [4.78, 5) is 0. The van der Waals surface area contributed by atoms with Crippen LogP contribution in [-0.4, -0.2) is 25.7 Å². The van der Waals surface area contributed by atoms with Gasteiger partial charge in [0.05, 0.1) is 0 Å². The fourth-order valence-electron chi connectivity index (χ4n) is 3.21. The van der Waals surface area contributed by atoms with E-state index >= 15 is 0 Å². The van der Waals surface area contributed by atoms with Crippen molar-refractivity contribution in [3.63, 3.8) is 0 Å². The van der Waals surface area contributed by atoms with Gasteiger partial charge in [0.1, 0.15) is 0 Å². The summed E-state index contributed by atoms with van der Waals surface area (Å²) in [6.07, 6.45) is 8.46. The van der Waals surface area contributed by atoms with E-state index in [1.165, 1.54) is 58.2 Å². The van der Waals surface area contributed by atoms with E-state index in [1.54, 1.807) is 0 Å². The molecule has 2 rings (SSSR count). The highest BCUT2D eigenvalue weighted by Crippen LogP contribution is 2.43. The zero-order chi connectivity index (χ0) is 11.4. The van der Waals surface area contributed by atoms with Crippen LogP contribution in [0.3, 0.4) is 0 Å². The number of hydrogen-bond acceptors (Lipinski definition) is 2. The summed E-state index contributed by atoms with van der Waals surface area (Å²) in [5.74, 6) is 0.847. The van der Waals surface area contributed by atoms with Gasteiger partial charge in [-0.25, -0.2) is 0 Å². The second-order valence-electron chi connectivity index (χ2n) is 6.02. The molecule has 2 nitrogen and oxygen atoms in total. The van der Waals surface area contributed by atoms with Gasteiger partial charge in [0.2, 0.25) is 0 Å².